The van der Waals surface area contributed by atoms with Crippen molar-refractivity contribution in [2.24, 2.45) is 0 Å². The number of rotatable bonds is 2. The first-order valence-electron chi connectivity index (χ1n) is 2.92. The molecule has 9 heavy (non-hydrogen) atoms. The first-order valence-corrected chi connectivity index (χ1v) is 3.44. The summed E-state index contributed by atoms with van der Waals surface area (Å²) in [5, 5.41) is -0.313. The molecule has 0 aromatic heterocycles. The molecule has 0 radical (unpaired) electrons. The van der Waals surface area contributed by atoms with Crippen LogP contribution in [0.2, 0.25) is 0 Å². The zero-order valence-electron chi connectivity index (χ0n) is 5.92. The third-order valence-electron chi connectivity index (χ3n) is 0.693. The van der Waals surface area contributed by atoms with E-state index in [0.717, 1.165) is 0 Å². The standard InChI is InChI=1S/C6H12O2S/c1-4(2)8-6(7)5(3)9/h4-5,9H,1-3H3. The number of hydrogen-bond acceptors (Lipinski definition) is 3. The third kappa shape index (κ3) is 4.33. The number of carbonyl (C=O) groups is 1. The molecule has 0 aliphatic heterocycles. The van der Waals surface area contributed by atoms with Crippen molar-refractivity contribution >= 4 is 18.6 Å². The first-order chi connectivity index (χ1) is 4.04. The van der Waals surface area contributed by atoms with E-state index in [1.807, 2.05) is 13.8 Å². The molecule has 0 spiro atoms. The number of hydrogen-bond donors (Lipinski definition) is 1. The maximum absolute atomic E-state index is 10.7. The van der Waals surface area contributed by atoms with Crippen LogP contribution in [0.1, 0.15) is 20.8 Å². The minimum Gasteiger partial charge on any atom is -0.462 e. The Labute approximate surface area is 61.0 Å². The van der Waals surface area contributed by atoms with Gasteiger partial charge in [-0.2, -0.15) is 12.6 Å². The fourth-order valence-corrected chi connectivity index (χ4v) is 0.392. The molecule has 0 fully saturated rings. The van der Waals surface area contributed by atoms with E-state index in [4.69, 9.17) is 4.74 Å². The van der Waals surface area contributed by atoms with Crippen molar-refractivity contribution in [1.29, 1.82) is 0 Å². The average molecular weight is 148 g/mol. The fraction of sp³-hybridized carbons (Fsp3) is 0.833. The highest BCUT2D eigenvalue weighted by molar-refractivity contribution is 7.81. The predicted molar refractivity (Wildman–Crippen MR) is 39.7 cm³/mol. The number of carbonyl (C=O) groups excluding carboxylic acids is 1. The van der Waals surface area contributed by atoms with Gasteiger partial charge in [0.15, 0.2) is 0 Å². The Hall–Kier alpha value is -0.180. The van der Waals surface area contributed by atoms with Crippen molar-refractivity contribution in [2.45, 2.75) is 32.1 Å². The SMILES string of the molecule is CC(C)OC(=O)C(C)S. The van der Waals surface area contributed by atoms with Crippen molar-refractivity contribution in [2.75, 3.05) is 0 Å². The quantitative estimate of drug-likeness (QED) is 0.471. The molecule has 0 amide bonds. The molecule has 0 N–H and O–H groups in total. The second-order valence-corrected chi connectivity index (χ2v) is 2.94. The molecule has 0 aromatic carbocycles. The van der Waals surface area contributed by atoms with Crippen LogP contribution in [0.3, 0.4) is 0 Å². The van der Waals surface area contributed by atoms with E-state index in [2.05, 4.69) is 12.6 Å². The number of ether oxygens (including phenoxy) is 1. The van der Waals surface area contributed by atoms with Gasteiger partial charge in [-0.1, -0.05) is 0 Å². The third-order valence-corrected chi connectivity index (χ3v) is 0.904. The second kappa shape index (κ2) is 3.77. The maximum Gasteiger partial charge on any atom is 0.318 e. The summed E-state index contributed by atoms with van der Waals surface area (Å²) in [4.78, 5) is 10.7. The molecular formula is C6H12O2S. The molecule has 1 atom stereocenters. The zero-order valence-corrected chi connectivity index (χ0v) is 6.81. The van der Waals surface area contributed by atoms with Crippen LogP contribution in [0.5, 0.6) is 0 Å². The van der Waals surface area contributed by atoms with Gasteiger partial charge in [0, 0.05) is 0 Å². The Morgan fingerprint density at radius 2 is 1.89 bits per heavy atom. The van der Waals surface area contributed by atoms with Crippen LogP contribution < -0.4 is 0 Å². The van der Waals surface area contributed by atoms with Crippen LogP contribution in [0.15, 0.2) is 0 Å². The Morgan fingerprint density at radius 1 is 1.44 bits per heavy atom. The van der Waals surface area contributed by atoms with Gasteiger partial charge in [0.2, 0.25) is 0 Å². The van der Waals surface area contributed by atoms with E-state index < -0.39 is 0 Å². The lowest BCUT2D eigenvalue weighted by atomic mass is 10.4. The van der Waals surface area contributed by atoms with Crippen LogP contribution >= 0.6 is 12.6 Å². The van der Waals surface area contributed by atoms with Gasteiger partial charge < -0.3 is 4.74 Å². The number of esters is 1. The molecule has 0 saturated heterocycles. The lowest BCUT2D eigenvalue weighted by molar-refractivity contribution is -0.146. The topological polar surface area (TPSA) is 26.3 Å². The van der Waals surface area contributed by atoms with Gasteiger partial charge in [0.05, 0.1) is 11.4 Å². The Bertz CT molecular complexity index is 99.2. The maximum atomic E-state index is 10.7. The smallest absolute Gasteiger partial charge is 0.318 e. The summed E-state index contributed by atoms with van der Waals surface area (Å²) >= 11 is 3.89. The minimum atomic E-state index is -0.313. The van der Waals surface area contributed by atoms with E-state index in [1.165, 1.54) is 0 Å². The lowest BCUT2D eigenvalue weighted by Crippen LogP contribution is -2.18. The van der Waals surface area contributed by atoms with Crippen LogP contribution in [0.4, 0.5) is 0 Å². The van der Waals surface area contributed by atoms with E-state index in [-0.39, 0.29) is 17.3 Å². The van der Waals surface area contributed by atoms with Crippen molar-refractivity contribution < 1.29 is 9.53 Å². The zero-order chi connectivity index (χ0) is 7.44. The minimum absolute atomic E-state index is 0.0351. The van der Waals surface area contributed by atoms with Gasteiger partial charge in [0.1, 0.15) is 0 Å². The van der Waals surface area contributed by atoms with E-state index in [9.17, 15) is 4.79 Å². The summed E-state index contributed by atoms with van der Waals surface area (Å²) in [6, 6.07) is 0. The van der Waals surface area contributed by atoms with Crippen molar-refractivity contribution in [3.05, 3.63) is 0 Å². The summed E-state index contributed by atoms with van der Waals surface area (Å²) in [7, 11) is 0. The van der Waals surface area contributed by atoms with Gasteiger partial charge in [-0.15, -0.1) is 0 Å². The van der Waals surface area contributed by atoms with Gasteiger partial charge in [-0.25, -0.2) is 0 Å². The summed E-state index contributed by atoms with van der Waals surface area (Å²) in [5.41, 5.74) is 0. The molecular weight excluding hydrogens is 136 g/mol. The molecule has 0 aliphatic carbocycles. The van der Waals surface area contributed by atoms with E-state index >= 15 is 0 Å². The number of thiol groups is 1. The van der Waals surface area contributed by atoms with Gasteiger partial charge in [-0.3, -0.25) is 4.79 Å². The molecule has 0 aromatic rings. The largest absolute Gasteiger partial charge is 0.462 e. The molecule has 0 heterocycles. The van der Waals surface area contributed by atoms with Gasteiger partial charge >= 0.3 is 5.97 Å². The van der Waals surface area contributed by atoms with Crippen molar-refractivity contribution in [3.8, 4) is 0 Å². The van der Waals surface area contributed by atoms with Crippen LogP contribution in [0, 0.1) is 0 Å². The van der Waals surface area contributed by atoms with Crippen molar-refractivity contribution in [3.63, 3.8) is 0 Å². The highest BCUT2D eigenvalue weighted by Gasteiger charge is 2.09. The van der Waals surface area contributed by atoms with Crippen LogP contribution in [-0.4, -0.2) is 17.3 Å². The summed E-state index contributed by atoms with van der Waals surface area (Å²) in [6.45, 7) is 5.32. The summed E-state index contributed by atoms with van der Waals surface area (Å²) < 4.78 is 4.80. The first kappa shape index (κ1) is 8.82. The predicted octanol–water partition coefficient (Wildman–Crippen LogP) is 1.26. The van der Waals surface area contributed by atoms with Crippen LogP contribution in [-0.2, 0) is 9.53 Å². The van der Waals surface area contributed by atoms with Crippen molar-refractivity contribution in [1.82, 2.24) is 0 Å². The average Bonchev–Trinajstić information content (AvgIpc) is 1.63. The molecule has 1 unspecified atom stereocenters. The summed E-state index contributed by atoms with van der Waals surface area (Å²) in [6.07, 6.45) is -0.0351. The fourth-order valence-electron chi connectivity index (χ4n) is 0.331. The molecule has 0 bridgehead atoms. The lowest BCUT2D eigenvalue weighted by Gasteiger charge is -2.08. The van der Waals surface area contributed by atoms with Gasteiger partial charge in [-0.05, 0) is 20.8 Å². The molecule has 0 aliphatic rings. The van der Waals surface area contributed by atoms with Gasteiger partial charge in [0.25, 0.3) is 0 Å². The molecule has 3 heteroatoms. The van der Waals surface area contributed by atoms with Crippen LogP contribution in [0.25, 0.3) is 0 Å². The van der Waals surface area contributed by atoms with E-state index in [1.54, 1.807) is 6.92 Å². The molecule has 54 valence electrons. The monoisotopic (exact) mass is 148 g/mol. The molecule has 2 nitrogen and oxygen atoms in total. The summed E-state index contributed by atoms with van der Waals surface area (Å²) in [5.74, 6) is -0.256. The highest BCUT2D eigenvalue weighted by atomic mass is 32.1. The molecule has 0 rings (SSSR count). The normalized spacial score (nSPS) is 13.4. The highest BCUT2D eigenvalue weighted by Crippen LogP contribution is 1.98. The van der Waals surface area contributed by atoms with E-state index in [0.29, 0.717) is 0 Å². The molecule has 0 saturated carbocycles. The Morgan fingerprint density at radius 3 is 2.00 bits per heavy atom. The Balaban J connectivity index is 3.51. The second-order valence-electron chi connectivity index (χ2n) is 2.16. The Kier molecular flexibility index (Phi) is 3.70.